The lowest BCUT2D eigenvalue weighted by molar-refractivity contribution is -0.126. The van der Waals surface area contributed by atoms with Gasteiger partial charge in [-0.15, -0.1) is 0 Å². The third-order valence-electron chi connectivity index (χ3n) is 7.01. The summed E-state index contributed by atoms with van der Waals surface area (Å²) < 4.78 is 0. The van der Waals surface area contributed by atoms with Gasteiger partial charge in [-0.2, -0.15) is 0 Å². The fourth-order valence-electron chi connectivity index (χ4n) is 5.42. The van der Waals surface area contributed by atoms with E-state index in [0.717, 1.165) is 46.3 Å². The van der Waals surface area contributed by atoms with Gasteiger partial charge in [-0.1, -0.05) is 57.2 Å². The molecule has 172 valence electrons. The topological polar surface area (TPSA) is 68.4 Å². The summed E-state index contributed by atoms with van der Waals surface area (Å²) in [6.07, 6.45) is 2.45. The summed E-state index contributed by atoms with van der Waals surface area (Å²) in [6, 6.07) is 16.0. The Morgan fingerprint density at radius 1 is 1.15 bits per heavy atom. The number of carbonyl (C=O) groups excluding carboxylic acids is 2. The van der Waals surface area contributed by atoms with Crippen LogP contribution in [0.3, 0.4) is 0 Å². The van der Waals surface area contributed by atoms with Crippen molar-refractivity contribution in [3.63, 3.8) is 0 Å². The van der Waals surface area contributed by atoms with Crippen LogP contribution in [0.1, 0.15) is 50.4 Å². The number of hydrogen-bond donors (Lipinski definition) is 2. The van der Waals surface area contributed by atoms with Gasteiger partial charge in [-0.25, -0.2) is 4.79 Å². The number of anilines is 1. The quantitative estimate of drug-likeness (QED) is 0.595. The number of nitrogens with one attached hydrogen (secondary N) is 2. The van der Waals surface area contributed by atoms with Crippen LogP contribution in [0.5, 0.6) is 0 Å². The van der Waals surface area contributed by atoms with E-state index in [0.29, 0.717) is 32.0 Å². The zero-order valence-corrected chi connectivity index (χ0v) is 19.6. The van der Waals surface area contributed by atoms with Crippen molar-refractivity contribution >= 4 is 28.5 Å². The molecule has 3 heterocycles. The van der Waals surface area contributed by atoms with E-state index in [1.54, 1.807) is 4.90 Å². The van der Waals surface area contributed by atoms with Crippen LogP contribution in [0.4, 0.5) is 10.5 Å². The summed E-state index contributed by atoms with van der Waals surface area (Å²) in [4.78, 5) is 35.2. The maximum absolute atomic E-state index is 14.5. The fourth-order valence-corrected chi connectivity index (χ4v) is 5.42. The van der Waals surface area contributed by atoms with Crippen LogP contribution in [0.15, 0.2) is 48.5 Å². The Bertz CT molecular complexity index is 1210. The Morgan fingerprint density at radius 2 is 1.91 bits per heavy atom. The summed E-state index contributed by atoms with van der Waals surface area (Å²) in [7, 11) is 0. The zero-order valence-electron chi connectivity index (χ0n) is 19.6. The molecule has 33 heavy (non-hydrogen) atoms. The molecule has 2 N–H and O–H groups in total. The molecule has 1 aromatic heterocycles. The highest BCUT2D eigenvalue weighted by molar-refractivity contribution is 6.12. The molecule has 2 aliphatic heterocycles. The molecular weight excluding hydrogens is 412 g/mol. The first kappa shape index (κ1) is 21.6. The van der Waals surface area contributed by atoms with Crippen LogP contribution in [-0.4, -0.2) is 41.5 Å². The average molecular weight is 445 g/mol. The highest BCUT2D eigenvalue weighted by atomic mass is 16.2. The van der Waals surface area contributed by atoms with Gasteiger partial charge in [0.2, 0.25) is 0 Å². The van der Waals surface area contributed by atoms with Gasteiger partial charge in [0.1, 0.15) is 0 Å². The van der Waals surface area contributed by atoms with E-state index in [9.17, 15) is 9.59 Å². The number of fused-ring (bicyclic) bond motifs is 6. The third kappa shape index (κ3) is 3.15. The standard InChI is InChI=1S/C27H32N4O2/c1-4-15-28-26(33)31-17-14-20-19-9-5-7-11-22(19)29-24(20)27(31)21-10-6-8-12-23(21)30(25(27)32)16-13-18(2)3/h5-12,18,29H,4,13-17H2,1-3H3,(H,28,33)/t27-/m1/s1. The lowest BCUT2D eigenvalue weighted by Crippen LogP contribution is -2.61. The van der Waals surface area contributed by atoms with Gasteiger partial charge in [-0.3, -0.25) is 4.79 Å². The Balaban J connectivity index is 1.75. The van der Waals surface area contributed by atoms with Crippen LogP contribution in [-0.2, 0) is 16.8 Å². The summed E-state index contributed by atoms with van der Waals surface area (Å²) in [6.45, 7) is 8.08. The molecular formula is C27H32N4O2. The lowest BCUT2D eigenvalue weighted by atomic mass is 9.80. The molecule has 3 amide bonds. The van der Waals surface area contributed by atoms with E-state index in [-0.39, 0.29) is 11.9 Å². The summed E-state index contributed by atoms with van der Waals surface area (Å²) in [5.41, 5.74) is 3.59. The first-order valence-corrected chi connectivity index (χ1v) is 12.1. The molecule has 2 aliphatic rings. The van der Waals surface area contributed by atoms with Crippen molar-refractivity contribution in [2.75, 3.05) is 24.5 Å². The van der Waals surface area contributed by atoms with Gasteiger partial charge in [0.05, 0.1) is 11.4 Å². The van der Waals surface area contributed by atoms with Crippen molar-refractivity contribution in [2.45, 2.75) is 45.6 Å². The number of amides is 3. The van der Waals surface area contributed by atoms with Crippen molar-refractivity contribution in [3.05, 3.63) is 65.4 Å². The van der Waals surface area contributed by atoms with E-state index in [4.69, 9.17) is 0 Å². The van der Waals surface area contributed by atoms with E-state index < -0.39 is 5.54 Å². The summed E-state index contributed by atoms with van der Waals surface area (Å²) in [5, 5.41) is 4.17. The first-order chi connectivity index (χ1) is 16.0. The van der Waals surface area contributed by atoms with E-state index in [2.05, 4.69) is 30.2 Å². The molecule has 6 heteroatoms. The number of aromatic nitrogens is 1. The highest BCUT2D eigenvalue weighted by Gasteiger charge is 2.60. The van der Waals surface area contributed by atoms with E-state index >= 15 is 0 Å². The van der Waals surface area contributed by atoms with Gasteiger partial charge in [0, 0.05) is 36.1 Å². The van der Waals surface area contributed by atoms with E-state index in [1.807, 2.05) is 54.3 Å². The lowest BCUT2D eigenvalue weighted by Gasteiger charge is -2.43. The summed E-state index contributed by atoms with van der Waals surface area (Å²) in [5.74, 6) is 0.434. The van der Waals surface area contributed by atoms with Gasteiger partial charge in [0.25, 0.3) is 5.91 Å². The number of urea groups is 1. The molecule has 5 rings (SSSR count). The number of aromatic amines is 1. The minimum Gasteiger partial charge on any atom is -0.355 e. The van der Waals surface area contributed by atoms with Crippen molar-refractivity contribution in [1.82, 2.24) is 15.2 Å². The van der Waals surface area contributed by atoms with Crippen LogP contribution >= 0.6 is 0 Å². The Labute approximate surface area is 195 Å². The fraction of sp³-hybridized carbons (Fsp3) is 0.407. The van der Waals surface area contributed by atoms with Crippen molar-refractivity contribution in [2.24, 2.45) is 5.92 Å². The predicted molar refractivity (Wildman–Crippen MR) is 131 cm³/mol. The maximum Gasteiger partial charge on any atom is 0.318 e. The number of rotatable bonds is 5. The SMILES string of the molecule is CCCNC(=O)N1CCc2c([nH]c3ccccc23)[C@]12C(=O)N(CCC(C)C)c1ccccc12. The van der Waals surface area contributed by atoms with Crippen LogP contribution < -0.4 is 10.2 Å². The second kappa shape index (κ2) is 8.25. The Morgan fingerprint density at radius 3 is 2.70 bits per heavy atom. The smallest absolute Gasteiger partial charge is 0.318 e. The third-order valence-corrected chi connectivity index (χ3v) is 7.01. The van der Waals surface area contributed by atoms with Gasteiger partial charge in [-0.05, 0) is 42.9 Å². The van der Waals surface area contributed by atoms with Gasteiger partial charge < -0.3 is 20.1 Å². The largest absolute Gasteiger partial charge is 0.355 e. The molecule has 0 fully saturated rings. The molecule has 0 saturated carbocycles. The van der Waals surface area contributed by atoms with E-state index in [1.165, 1.54) is 0 Å². The molecule has 1 spiro atoms. The molecule has 0 saturated heterocycles. The molecule has 0 unspecified atom stereocenters. The minimum absolute atomic E-state index is 0.0384. The summed E-state index contributed by atoms with van der Waals surface area (Å²) >= 11 is 0. The van der Waals surface area contributed by atoms with Gasteiger partial charge in [0.15, 0.2) is 5.54 Å². The molecule has 0 radical (unpaired) electrons. The molecule has 0 aliphatic carbocycles. The minimum atomic E-state index is -1.18. The Hall–Kier alpha value is -3.28. The number of carbonyl (C=O) groups is 2. The predicted octanol–water partition coefficient (Wildman–Crippen LogP) is 4.78. The number of hydrogen-bond acceptors (Lipinski definition) is 2. The number of nitrogens with zero attached hydrogens (tertiary/aromatic N) is 2. The molecule has 6 nitrogen and oxygen atoms in total. The number of H-pyrrole nitrogens is 1. The molecule has 1 atom stereocenters. The van der Waals surface area contributed by atoms with Crippen molar-refractivity contribution in [1.29, 1.82) is 0 Å². The van der Waals surface area contributed by atoms with Crippen LogP contribution in [0, 0.1) is 5.92 Å². The molecule has 2 aromatic carbocycles. The highest BCUT2D eigenvalue weighted by Crippen LogP contribution is 2.52. The Kier molecular flexibility index (Phi) is 5.39. The van der Waals surface area contributed by atoms with Crippen LogP contribution in [0.2, 0.25) is 0 Å². The average Bonchev–Trinajstić information content (AvgIpc) is 3.31. The second-order valence-corrected chi connectivity index (χ2v) is 9.52. The van der Waals surface area contributed by atoms with Gasteiger partial charge >= 0.3 is 6.03 Å². The molecule has 3 aromatic rings. The molecule has 0 bridgehead atoms. The monoisotopic (exact) mass is 444 g/mol. The van der Waals surface area contributed by atoms with Crippen LogP contribution in [0.25, 0.3) is 10.9 Å². The first-order valence-electron chi connectivity index (χ1n) is 12.1. The normalized spacial score (nSPS) is 19.5. The van der Waals surface area contributed by atoms with Crippen molar-refractivity contribution < 1.29 is 9.59 Å². The maximum atomic E-state index is 14.5. The number of para-hydroxylation sites is 2. The van der Waals surface area contributed by atoms with Crippen molar-refractivity contribution in [3.8, 4) is 0 Å². The second-order valence-electron chi connectivity index (χ2n) is 9.52. The zero-order chi connectivity index (χ0) is 23.2. The number of benzene rings is 2.